The van der Waals surface area contributed by atoms with Crippen LogP contribution in [0.4, 0.5) is 0 Å². The molecule has 0 radical (unpaired) electrons. The number of hydrogen-bond acceptors (Lipinski definition) is 5. The third kappa shape index (κ3) is 4.58. The Labute approximate surface area is 176 Å². The van der Waals surface area contributed by atoms with Gasteiger partial charge in [0.2, 0.25) is 0 Å². The lowest BCUT2D eigenvalue weighted by Gasteiger charge is -2.45. The van der Waals surface area contributed by atoms with Crippen molar-refractivity contribution >= 4 is 45.7 Å². The standard InChI is InChI=1S/C17H26N4O4S.HI/c1-19-16(20-11-13-5-6-14(25-13)15(18)22)21-9-10-26(23,24)17(12-21)7-3-2-4-8-17;/h5-6H,2-4,7-12H2,1H3,(H2,18,22)(H,19,20);1H. The highest BCUT2D eigenvalue weighted by atomic mass is 127. The average molecular weight is 510 g/mol. The summed E-state index contributed by atoms with van der Waals surface area (Å²) in [6.45, 7) is 1.24. The van der Waals surface area contributed by atoms with E-state index in [1.165, 1.54) is 6.07 Å². The lowest BCUT2D eigenvalue weighted by molar-refractivity contribution is 0.0972. The monoisotopic (exact) mass is 510 g/mol. The third-order valence-electron chi connectivity index (χ3n) is 5.37. The molecule has 0 aromatic carbocycles. The third-order valence-corrected chi connectivity index (χ3v) is 7.95. The number of furan rings is 1. The van der Waals surface area contributed by atoms with Crippen molar-refractivity contribution in [1.82, 2.24) is 10.2 Å². The summed E-state index contributed by atoms with van der Waals surface area (Å²) in [5.74, 6) is 0.863. The number of hydrogen-bond donors (Lipinski definition) is 2. The fraction of sp³-hybridized carbons (Fsp3) is 0.647. The highest BCUT2D eigenvalue weighted by Crippen LogP contribution is 2.38. The quantitative estimate of drug-likeness (QED) is 0.362. The molecule has 2 heterocycles. The normalized spacial score (nSPS) is 21.5. The van der Waals surface area contributed by atoms with Gasteiger partial charge in [-0.25, -0.2) is 8.42 Å². The van der Waals surface area contributed by atoms with Gasteiger partial charge >= 0.3 is 0 Å². The summed E-state index contributed by atoms with van der Waals surface area (Å²) >= 11 is 0. The zero-order valence-corrected chi connectivity index (χ0v) is 18.6. The SMILES string of the molecule is CN=C(NCc1ccc(C(N)=O)o1)N1CCS(=O)(=O)C2(CCCCC2)C1.I. The average Bonchev–Trinajstić information content (AvgIpc) is 3.09. The Balaban J connectivity index is 0.00000261. The largest absolute Gasteiger partial charge is 0.454 e. The van der Waals surface area contributed by atoms with E-state index in [0.29, 0.717) is 31.4 Å². The van der Waals surface area contributed by atoms with Gasteiger partial charge in [0, 0.05) is 20.1 Å². The summed E-state index contributed by atoms with van der Waals surface area (Å²) in [6, 6.07) is 3.22. The molecule has 1 aromatic heterocycles. The number of nitrogens with two attached hydrogens (primary N) is 1. The number of nitrogens with one attached hydrogen (secondary N) is 1. The van der Waals surface area contributed by atoms with E-state index in [9.17, 15) is 13.2 Å². The van der Waals surface area contributed by atoms with Crippen LogP contribution in [-0.4, -0.2) is 55.8 Å². The van der Waals surface area contributed by atoms with Crippen molar-refractivity contribution in [2.45, 2.75) is 43.4 Å². The topological polar surface area (TPSA) is 118 Å². The number of halogens is 1. The van der Waals surface area contributed by atoms with Crippen molar-refractivity contribution in [2.24, 2.45) is 10.7 Å². The zero-order chi connectivity index (χ0) is 18.8. The molecule has 2 aliphatic rings. The van der Waals surface area contributed by atoms with Crippen molar-refractivity contribution in [1.29, 1.82) is 0 Å². The Morgan fingerprint density at radius 3 is 2.63 bits per heavy atom. The highest BCUT2D eigenvalue weighted by Gasteiger charge is 2.48. The van der Waals surface area contributed by atoms with Crippen LogP contribution in [0.2, 0.25) is 0 Å². The van der Waals surface area contributed by atoms with Crippen LogP contribution in [0.1, 0.15) is 48.4 Å². The first-order valence-electron chi connectivity index (χ1n) is 8.93. The molecule has 152 valence electrons. The van der Waals surface area contributed by atoms with Gasteiger partial charge in [0.15, 0.2) is 21.6 Å². The molecule has 1 saturated heterocycles. The molecule has 1 aliphatic heterocycles. The Bertz CT molecular complexity index is 800. The van der Waals surface area contributed by atoms with E-state index in [0.717, 1.165) is 32.1 Å². The van der Waals surface area contributed by atoms with Crippen LogP contribution in [0, 0.1) is 0 Å². The van der Waals surface area contributed by atoms with Crippen molar-refractivity contribution < 1.29 is 17.6 Å². The second kappa shape index (κ2) is 8.80. The van der Waals surface area contributed by atoms with Crippen LogP contribution < -0.4 is 11.1 Å². The molecule has 1 aliphatic carbocycles. The van der Waals surface area contributed by atoms with Gasteiger partial charge in [0.1, 0.15) is 5.76 Å². The predicted octanol–water partition coefficient (Wildman–Crippen LogP) is 1.51. The van der Waals surface area contributed by atoms with Crippen molar-refractivity contribution in [3.8, 4) is 0 Å². The van der Waals surface area contributed by atoms with Crippen molar-refractivity contribution in [3.05, 3.63) is 23.7 Å². The van der Waals surface area contributed by atoms with E-state index in [1.54, 1.807) is 13.1 Å². The molecule has 1 amide bonds. The van der Waals surface area contributed by atoms with E-state index < -0.39 is 20.5 Å². The van der Waals surface area contributed by atoms with E-state index in [4.69, 9.17) is 10.2 Å². The number of nitrogens with zero attached hydrogens (tertiary/aromatic N) is 2. The predicted molar refractivity (Wildman–Crippen MR) is 114 cm³/mol. The van der Waals surface area contributed by atoms with Crippen LogP contribution in [0.15, 0.2) is 21.5 Å². The van der Waals surface area contributed by atoms with Crippen LogP contribution in [-0.2, 0) is 16.4 Å². The number of rotatable bonds is 3. The number of amides is 1. The maximum Gasteiger partial charge on any atom is 0.284 e. The molecular weight excluding hydrogens is 483 g/mol. The fourth-order valence-electron chi connectivity index (χ4n) is 3.92. The molecule has 1 spiro atoms. The van der Waals surface area contributed by atoms with Gasteiger partial charge in [-0.3, -0.25) is 9.79 Å². The van der Waals surface area contributed by atoms with Gasteiger partial charge in [-0.2, -0.15) is 0 Å². The van der Waals surface area contributed by atoms with Crippen molar-refractivity contribution in [3.63, 3.8) is 0 Å². The summed E-state index contributed by atoms with van der Waals surface area (Å²) in [7, 11) is -1.41. The van der Waals surface area contributed by atoms with E-state index in [2.05, 4.69) is 10.3 Å². The number of guanidine groups is 1. The van der Waals surface area contributed by atoms with E-state index >= 15 is 0 Å². The molecule has 3 N–H and O–H groups in total. The second-order valence-electron chi connectivity index (χ2n) is 7.02. The van der Waals surface area contributed by atoms with Crippen LogP contribution in [0.5, 0.6) is 0 Å². The molecule has 27 heavy (non-hydrogen) atoms. The number of aliphatic imine (C=N–C) groups is 1. The molecule has 2 fully saturated rings. The van der Waals surface area contributed by atoms with Crippen LogP contribution >= 0.6 is 24.0 Å². The van der Waals surface area contributed by atoms with Gasteiger partial charge in [0.05, 0.1) is 17.0 Å². The summed E-state index contributed by atoms with van der Waals surface area (Å²) in [5.41, 5.74) is 5.19. The lowest BCUT2D eigenvalue weighted by atomic mass is 9.87. The number of carbonyl (C=O) groups is 1. The molecule has 3 rings (SSSR count). The molecule has 8 nitrogen and oxygen atoms in total. The zero-order valence-electron chi connectivity index (χ0n) is 15.4. The van der Waals surface area contributed by atoms with E-state index in [-0.39, 0.29) is 35.5 Å². The number of primary amides is 1. The van der Waals surface area contributed by atoms with Gasteiger partial charge in [-0.1, -0.05) is 19.3 Å². The van der Waals surface area contributed by atoms with Crippen LogP contribution in [0.25, 0.3) is 0 Å². The summed E-state index contributed by atoms with van der Waals surface area (Å²) in [6.07, 6.45) is 4.47. The Morgan fingerprint density at radius 2 is 2.04 bits per heavy atom. The van der Waals surface area contributed by atoms with Gasteiger partial charge in [-0.05, 0) is 25.0 Å². The molecule has 0 unspecified atom stereocenters. The summed E-state index contributed by atoms with van der Waals surface area (Å²) in [4.78, 5) is 17.4. The molecule has 1 saturated carbocycles. The van der Waals surface area contributed by atoms with Gasteiger partial charge in [-0.15, -0.1) is 24.0 Å². The van der Waals surface area contributed by atoms with Gasteiger partial charge < -0.3 is 20.4 Å². The first-order valence-corrected chi connectivity index (χ1v) is 10.6. The Hall–Kier alpha value is -1.30. The Morgan fingerprint density at radius 1 is 1.33 bits per heavy atom. The minimum absolute atomic E-state index is 0. The number of sulfone groups is 1. The van der Waals surface area contributed by atoms with Crippen LogP contribution in [0.3, 0.4) is 0 Å². The second-order valence-corrected chi connectivity index (χ2v) is 9.52. The lowest BCUT2D eigenvalue weighted by Crippen LogP contribution is -2.60. The summed E-state index contributed by atoms with van der Waals surface area (Å²) in [5, 5.41) is 3.19. The smallest absolute Gasteiger partial charge is 0.284 e. The van der Waals surface area contributed by atoms with E-state index in [1.807, 2.05) is 4.90 Å². The molecule has 0 bridgehead atoms. The minimum Gasteiger partial charge on any atom is -0.454 e. The highest BCUT2D eigenvalue weighted by molar-refractivity contribution is 14.0. The first kappa shape index (κ1) is 22.0. The first-order chi connectivity index (χ1) is 12.4. The maximum atomic E-state index is 12.7. The van der Waals surface area contributed by atoms with Crippen molar-refractivity contribution in [2.75, 3.05) is 25.9 Å². The van der Waals surface area contributed by atoms with Gasteiger partial charge in [0.25, 0.3) is 5.91 Å². The minimum atomic E-state index is -3.09. The number of carbonyl (C=O) groups excluding carboxylic acids is 1. The molecule has 10 heteroatoms. The maximum absolute atomic E-state index is 12.7. The molecular formula is C17H27IN4O4S. The molecule has 1 aromatic rings. The summed E-state index contributed by atoms with van der Waals surface area (Å²) < 4.78 is 30.1. The fourth-order valence-corrected chi connectivity index (χ4v) is 6.08. The molecule has 0 atom stereocenters. The Kier molecular flexibility index (Phi) is 7.17.